The first-order chi connectivity index (χ1) is 11.5. The fourth-order valence-corrected chi connectivity index (χ4v) is 3.12. The second-order valence-electron chi connectivity index (χ2n) is 6.15. The van der Waals surface area contributed by atoms with Crippen molar-refractivity contribution in [1.29, 1.82) is 0 Å². The molecule has 2 amide bonds. The third kappa shape index (κ3) is 3.04. The van der Waals surface area contributed by atoms with Gasteiger partial charge in [-0.05, 0) is 25.0 Å². The summed E-state index contributed by atoms with van der Waals surface area (Å²) in [6.45, 7) is 4.02. The van der Waals surface area contributed by atoms with Crippen LogP contribution in [0.5, 0.6) is 0 Å². The number of anilines is 1. The molecule has 0 radical (unpaired) electrons. The number of Topliss-reactive ketones (excluding diaryl/α,β-unsaturated/α-hetero) is 1. The predicted molar refractivity (Wildman–Crippen MR) is 89.8 cm³/mol. The number of piperidine rings is 1. The topological polar surface area (TPSA) is 79.6 Å². The zero-order chi connectivity index (χ0) is 17.3. The first-order valence-electron chi connectivity index (χ1n) is 8.06. The van der Waals surface area contributed by atoms with Gasteiger partial charge in [-0.15, -0.1) is 0 Å². The minimum atomic E-state index is -0.281. The molecule has 1 N–H and O–H groups in total. The highest BCUT2D eigenvalue weighted by atomic mass is 16.3. The fourth-order valence-electron chi connectivity index (χ4n) is 3.12. The van der Waals surface area contributed by atoms with Gasteiger partial charge in [0.15, 0.2) is 11.5 Å². The lowest BCUT2D eigenvalue weighted by Gasteiger charge is -2.31. The number of hydrogen-bond acceptors (Lipinski definition) is 4. The van der Waals surface area contributed by atoms with Gasteiger partial charge in [-0.2, -0.15) is 0 Å². The lowest BCUT2D eigenvalue weighted by atomic mass is 9.97. The zero-order valence-corrected chi connectivity index (χ0v) is 13.8. The molecule has 0 spiro atoms. The van der Waals surface area contributed by atoms with E-state index in [1.807, 2.05) is 18.2 Å². The molecule has 6 heteroatoms. The van der Waals surface area contributed by atoms with Crippen molar-refractivity contribution in [2.75, 3.05) is 18.4 Å². The molecule has 6 nitrogen and oxygen atoms in total. The van der Waals surface area contributed by atoms with Gasteiger partial charge in [-0.25, -0.2) is 0 Å². The van der Waals surface area contributed by atoms with Gasteiger partial charge in [-0.1, -0.05) is 12.1 Å². The largest absolute Gasteiger partial charge is 0.451 e. The van der Waals surface area contributed by atoms with E-state index < -0.39 is 0 Å². The lowest BCUT2D eigenvalue weighted by Crippen LogP contribution is -2.42. The number of nitrogens with one attached hydrogen (secondary N) is 1. The van der Waals surface area contributed by atoms with Gasteiger partial charge in [0.1, 0.15) is 5.58 Å². The number of benzene rings is 1. The van der Waals surface area contributed by atoms with Crippen LogP contribution in [0.25, 0.3) is 11.0 Å². The number of ketones is 1. The predicted octanol–water partition coefficient (Wildman–Crippen LogP) is 2.83. The van der Waals surface area contributed by atoms with Crippen LogP contribution in [0.2, 0.25) is 0 Å². The van der Waals surface area contributed by atoms with Crippen molar-refractivity contribution in [1.82, 2.24) is 4.90 Å². The van der Waals surface area contributed by atoms with Crippen molar-refractivity contribution in [3.8, 4) is 0 Å². The molecule has 0 aliphatic carbocycles. The molecule has 2 aromatic rings. The number of fused-ring (bicyclic) bond motifs is 1. The average molecular weight is 328 g/mol. The van der Waals surface area contributed by atoms with Crippen LogP contribution in [0.3, 0.4) is 0 Å². The smallest absolute Gasteiger partial charge is 0.229 e. The molecule has 1 atom stereocenters. The van der Waals surface area contributed by atoms with Crippen LogP contribution in [0, 0.1) is 5.92 Å². The highest BCUT2D eigenvalue weighted by Crippen LogP contribution is 2.32. The average Bonchev–Trinajstić information content (AvgIpc) is 2.94. The van der Waals surface area contributed by atoms with Crippen molar-refractivity contribution >= 4 is 34.3 Å². The van der Waals surface area contributed by atoms with E-state index in [0.29, 0.717) is 29.7 Å². The SMILES string of the molecule is CC(=O)c1oc2ccccc2c1NC(=O)[C@H]1CCCN(C(C)=O)C1. The third-order valence-corrected chi connectivity index (χ3v) is 4.40. The summed E-state index contributed by atoms with van der Waals surface area (Å²) in [6.07, 6.45) is 1.52. The minimum Gasteiger partial charge on any atom is -0.451 e. The van der Waals surface area contributed by atoms with Crippen molar-refractivity contribution < 1.29 is 18.8 Å². The van der Waals surface area contributed by atoms with Crippen molar-refractivity contribution in [3.63, 3.8) is 0 Å². The summed E-state index contributed by atoms with van der Waals surface area (Å²) in [4.78, 5) is 37.7. The summed E-state index contributed by atoms with van der Waals surface area (Å²) >= 11 is 0. The van der Waals surface area contributed by atoms with E-state index in [2.05, 4.69) is 5.32 Å². The van der Waals surface area contributed by atoms with Crippen LogP contribution in [-0.2, 0) is 9.59 Å². The summed E-state index contributed by atoms with van der Waals surface area (Å²) in [7, 11) is 0. The quantitative estimate of drug-likeness (QED) is 0.879. The van der Waals surface area contributed by atoms with E-state index in [9.17, 15) is 14.4 Å². The number of para-hydroxylation sites is 1. The van der Waals surface area contributed by atoms with Crippen molar-refractivity contribution in [2.45, 2.75) is 26.7 Å². The highest BCUT2D eigenvalue weighted by molar-refractivity contribution is 6.11. The normalized spacial score (nSPS) is 17.8. The Bertz CT molecular complexity index is 808. The molecule has 24 heavy (non-hydrogen) atoms. The monoisotopic (exact) mass is 328 g/mol. The summed E-state index contributed by atoms with van der Waals surface area (Å²) in [5.41, 5.74) is 0.982. The maximum Gasteiger partial charge on any atom is 0.229 e. The van der Waals surface area contributed by atoms with E-state index >= 15 is 0 Å². The Labute approximate surface area is 139 Å². The molecule has 0 unspecified atom stereocenters. The molecule has 0 bridgehead atoms. The first-order valence-corrected chi connectivity index (χ1v) is 8.06. The molecule has 1 aliphatic heterocycles. The van der Waals surface area contributed by atoms with Crippen LogP contribution in [0.4, 0.5) is 5.69 Å². The van der Waals surface area contributed by atoms with Gasteiger partial charge in [0, 0.05) is 32.3 Å². The second-order valence-corrected chi connectivity index (χ2v) is 6.15. The molecule has 1 fully saturated rings. The number of amides is 2. The number of carbonyl (C=O) groups excluding carboxylic acids is 3. The Kier molecular flexibility index (Phi) is 4.38. The molecule has 2 heterocycles. The summed E-state index contributed by atoms with van der Waals surface area (Å²) in [5.74, 6) is -0.573. The maximum absolute atomic E-state index is 12.7. The van der Waals surface area contributed by atoms with Gasteiger partial charge in [0.2, 0.25) is 11.8 Å². The second kappa shape index (κ2) is 6.47. The highest BCUT2D eigenvalue weighted by Gasteiger charge is 2.29. The molecule has 1 saturated heterocycles. The Balaban J connectivity index is 1.86. The molecular formula is C18H20N2O4. The molecule has 1 aromatic carbocycles. The van der Waals surface area contributed by atoms with Crippen LogP contribution in [-0.4, -0.2) is 35.6 Å². The van der Waals surface area contributed by atoms with Crippen LogP contribution in [0.15, 0.2) is 28.7 Å². The Morgan fingerprint density at radius 1 is 1.21 bits per heavy atom. The minimum absolute atomic E-state index is 0.0225. The van der Waals surface area contributed by atoms with E-state index in [4.69, 9.17) is 4.42 Å². The number of nitrogens with zero attached hydrogens (tertiary/aromatic N) is 1. The Morgan fingerprint density at radius 3 is 2.67 bits per heavy atom. The fraction of sp³-hybridized carbons (Fsp3) is 0.389. The van der Waals surface area contributed by atoms with E-state index in [1.165, 1.54) is 13.8 Å². The van der Waals surface area contributed by atoms with Crippen molar-refractivity contribution in [3.05, 3.63) is 30.0 Å². The third-order valence-electron chi connectivity index (χ3n) is 4.40. The number of rotatable bonds is 3. The Hall–Kier alpha value is -2.63. The molecule has 1 aliphatic rings. The molecule has 1 aromatic heterocycles. The maximum atomic E-state index is 12.7. The van der Waals surface area contributed by atoms with Crippen LogP contribution >= 0.6 is 0 Å². The molecule has 126 valence electrons. The van der Waals surface area contributed by atoms with Crippen molar-refractivity contribution in [2.24, 2.45) is 5.92 Å². The molecule has 0 saturated carbocycles. The van der Waals surface area contributed by atoms with Gasteiger partial charge >= 0.3 is 0 Å². The summed E-state index contributed by atoms with van der Waals surface area (Å²) in [5, 5.41) is 3.56. The standard InChI is InChI=1S/C18H20N2O4/c1-11(21)17-16(14-7-3-4-8-15(14)24-17)19-18(23)13-6-5-9-20(10-13)12(2)22/h3-4,7-8,13H,5-6,9-10H2,1-2H3,(H,19,23)/t13-/m0/s1. The lowest BCUT2D eigenvalue weighted by molar-refractivity contribution is -0.132. The van der Waals surface area contributed by atoms with E-state index in [0.717, 1.165) is 12.8 Å². The molecule has 3 rings (SSSR count). The van der Waals surface area contributed by atoms with Gasteiger partial charge in [0.05, 0.1) is 11.6 Å². The van der Waals surface area contributed by atoms with Crippen LogP contribution in [0.1, 0.15) is 37.2 Å². The van der Waals surface area contributed by atoms with Gasteiger partial charge < -0.3 is 14.6 Å². The van der Waals surface area contributed by atoms with E-state index in [-0.39, 0.29) is 29.3 Å². The van der Waals surface area contributed by atoms with Gasteiger partial charge in [0.25, 0.3) is 0 Å². The summed E-state index contributed by atoms with van der Waals surface area (Å²) < 4.78 is 5.58. The number of carbonyl (C=O) groups is 3. The number of likely N-dealkylation sites (tertiary alicyclic amines) is 1. The van der Waals surface area contributed by atoms with Gasteiger partial charge in [-0.3, -0.25) is 14.4 Å². The summed E-state index contributed by atoms with van der Waals surface area (Å²) in [6, 6.07) is 7.21. The number of furan rings is 1. The van der Waals surface area contributed by atoms with E-state index in [1.54, 1.807) is 11.0 Å². The first kappa shape index (κ1) is 16.2. The number of hydrogen-bond donors (Lipinski definition) is 1. The molecular weight excluding hydrogens is 308 g/mol. The van der Waals surface area contributed by atoms with Crippen LogP contribution < -0.4 is 5.32 Å². The zero-order valence-electron chi connectivity index (χ0n) is 13.8. The Morgan fingerprint density at radius 2 is 1.96 bits per heavy atom.